The number of amides is 2. The first-order valence-electron chi connectivity index (χ1n) is 6.41. The maximum atomic E-state index is 13.5. The van der Waals surface area contributed by atoms with Crippen LogP contribution in [0.1, 0.15) is 22.8 Å². The van der Waals surface area contributed by atoms with Crippen molar-refractivity contribution >= 4 is 23.2 Å². The van der Waals surface area contributed by atoms with E-state index >= 15 is 0 Å². The standard InChI is InChI=1S/C16H15FN2O2/c1-10-7-8-12(9-15(10)18-11(2)20)19-16(21)13-5-3-4-6-14(13)17/h3-9H,1-2H3,(H,18,20)(H,19,21). The fourth-order valence-corrected chi connectivity index (χ4v) is 1.87. The van der Waals surface area contributed by atoms with Crippen LogP contribution in [0.3, 0.4) is 0 Å². The van der Waals surface area contributed by atoms with Crippen LogP contribution in [-0.4, -0.2) is 11.8 Å². The molecule has 0 spiro atoms. The normalized spacial score (nSPS) is 10.0. The van der Waals surface area contributed by atoms with Gasteiger partial charge in [0, 0.05) is 18.3 Å². The molecule has 0 heterocycles. The Morgan fingerprint density at radius 2 is 1.76 bits per heavy atom. The fourth-order valence-electron chi connectivity index (χ4n) is 1.87. The predicted octanol–water partition coefficient (Wildman–Crippen LogP) is 3.34. The molecule has 0 saturated heterocycles. The van der Waals surface area contributed by atoms with Crippen molar-refractivity contribution in [3.63, 3.8) is 0 Å². The molecule has 0 atom stereocenters. The summed E-state index contributed by atoms with van der Waals surface area (Å²) in [7, 11) is 0. The molecular formula is C16H15FN2O2. The number of rotatable bonds is 3. The summed E-state index contributed by atoms with van der Waals surface area (Å²) in [5, 5.41) is 5.28. The summed E-state index contributed by atoms with van der Waals surface area (Å²) in [6.07, 6.45) is 0. The highest BCUT2D eigenvalue weighted by Crippen LogP contribution is 2.21. The second kappa shape index (κ2) is 6.17. The van der Waals surface area contributed by atoms with Crippen LogP contribution in [0.2, 0.25) is 0 Å². The number of aryl methyl sites for hydroxylation is 1. The van der Waals surface area contributed by atoms with Crippen LogP contribution < -0.4 is 10.6 Å². The molecule has 108 valence electrons. The SMILES string of the molecule is CC(=O)Nc1cc(NC(=O)c2ccccc2F)ccc1C. The van der Waals surface area contributed by atoms with Crippen molar-refractivity contribution in [2.75, 3.05) is 10.6 Å². The average Bonchev–Trinajstić information content (AvgIpc) is 2.42. The first kappa shape index (κ1) is 14.7. The van der Waals surface area contributed by atoms with Gasteiger partial charge in [-0.25, -0.2) is 4.39 Å². The van der Waals surface area contributed by atoms with Gasteiger partial charge in [0.1, 0.15) is 5.82 Å². The Balaban J connectivity index is 2.22. The van der Waals surface area contributed by atoms with Gasteiger partial charge in [-0.1, -0.05) is 18.2 Å². The molecule has 2 aromatic rings. The zero-order valence-electron chi connectivity index (χ0n) is 11.7. The van der Waals surface area contributed by atoms with E-state index in [0.717, 1.165) is 5.56 Å². The van der Waals surface area contributed by atoms with E-state index in [1.54, 1.807) is 24.3 Å². The predicted molar refractivity (Wildman–Crippen MR) is 79.8 cm³/mol. The number of nitrogens with one attached hydrogen (secondary N) is 2. The molecule has 5 heteroatoms. The lowest BCUT2D eigenvalue weighted by molar-refractivity contribution is -0.114. The minimum absolute atomic E-state index is 0.0286. The number of carbonyl (C=O) groups is 2. The van der Waals surface area contributed by atoms with Crippen LogP contribution >= 0.6 is 0 Å². The largest absolute Gasteiger partial charge is 0.326 e. The lowest BCUT2D eigenvalue weighted by Crippen LogP contribution is -2.14. The van der Waals surface area contributed by atoms with Crippen molar-refractivity contribution in [2.24, 2.45) is 0 Å². The maximum absolute atomic E-state index is 13.5. The number of carbonyl (C=O) groups excluding carboxylic acids is 2. The van der Waals surface area contributed by atoms with Crippen molar-refractivity contribution in [3.8, 4) is 0 Å². The van der Waals surface area contributed by atoms with E-state index in [1.165, 1.54) is 25.1 Å². The molecule has 2 N–H and O–H groups in total. The molecule has 0 saturated carbocycles. The Labute approximate surface area is 122 Å². The average molecular weight is 286 g/mol. The number of hydrogen-bond acceptors (Lipinski definition) is 2. The van der Waals surface area contributed by atoms with Gasteiger partial charge in [-0.05, 0) is 36.8 Å². The first-order valence-corrected chi connectivity index (χ1v) is 6.41. The Kier molecular flexibility index (Phi) is 4.33. The van der Waals surface area contributed by atoms with E-state index in [9.17, 15) is 14.0 Å². The van der Waals surface area contributed by atoms with Gasteiger partial charge in [-0.15, -0.1) is 0 Å². The number of hydrogen-bond donors (Lipinski definition) is 2. The topological polar surface area (TPSA) is 58.2 Å². The van der Waals surface area contributed by atoms with Crippen LogP contribution in [0, 0.1) is 12.7 Å². The van der Waals surface area contributed by atoms with Gasteiger partial charge in [0.15, 0.2) is 0 Å². The summed E-state index contributed by atoms with van der Waals surface area (Å²) < 4.78 is 13.5. The van der Waals surface area contributed by atoms with Crippen molar-refractivity contribution < 1.29 is 14.0 Å². The Morgan fingerprint density at radius 1 is 1.05 bits per heavy atom. The lowest BCUT2D eigenvalue weighted by Gasteiger charge is -2.10. The van der Waals surface area contributed by atoms with Gasteiger partial charge >= 0.3 is 0 Å². The van der Waals surface area contributed by atoms with E-state index in [0.29, 0.717) is 11.4 Å². The minimum Gasteiger partial charge on any atom is -0.326 e. The summed E-state index contributed by atoms with van der Waals surface area (Å²) in [6.45, 7) is 3.25. The van der Waals surface area contributed by atoms with E-state index < -0.39 is 11.7 Å². The van der Waals surface area contributed by atoms with Gasteiger partial charge in [0.05, 0.1) is 5.56 Å². The smallest absolute Gasteiger partial charge is 0.258 e. The monoisotopic (exact) mass is 286 g/mol. The highest BCUT2D eigenvalue weighted by molar-refractivity contribution is 6.05. The Morgan fingerprint density at radius 3 is 2.43 bits per heavy atom. The van der Waals surface area contributed by atoms with Crippen molar-refractivity contribution in [1.29, 1.82) is 0 Å². The zero-order chi connectivity index (χ0) is 15.4. The summed E-state index contributed by atoms with van der Waals surface area (Å²) in [5.74, 6) is -1.31. The van der Waals surface area contributed by atoms with Gasteiger partial charge in [0.2, 0.25) is 5.91 Å². The van der Waals surface area contributed by atoms with Gasteiger partial charge in [-0.2, -0.15) is 0 Å². The molecule has 2 aromatic carbocycles. The maximum Gasteiger partial charge on any atom is 0.258 e. The van der Waals surface area contributed by atoms with E-state index in [4.69, 9.17) is 0 Å². The van der Waals surface area contributed by atoms with E-state index in [1.807, 2.05) is 6.92 Å². The first-order chi connectivity index (χ1) is 9.97. The zero-order valence-corrected chi connectivity index (χ0v) is 11.7. The number of halogens is 1. The van der Waals surface area contributed by atoms with Crippen molar-refractivity contribution in [3.05, 3.63) is 59.4 Å². The summed E-state index contributed by atoms with van der Waals surface area (Å²) in [4.78, 5) is 23.1. The third-order valence-electron chi connectivity index (χ3n) is 2.92. The third kappa shape index (κ3) is 3.66. The van der Waals surface area contributed by atoms with E-state index in [-0.39, 0.29) is 11.5 Å². The van der Waals surface area contributed by atoms with Gasteiger partial charge in [-0.3, -0.25) is 9.59 Å². The molecule has 4 nitrogen and oxygen atoms in total. The van der Waals surface area contributed by atoms with Crippen molar-refractivity contribution in [1.82, 2.24) is 0 Å². The second-order valence-electron chi connectivity index (χ2n) is 4.64. The molecule has 2 rings (SSSR count). The van der Waals surface area contributed by atoms with Crippen LogP contribution in [0.15, 0.2) is 42.5 Å². The highest BCUT2D eigenvalue weighted by atomic mass is 19.1. The molecule has 2 amide bonds. The molecule has 0 fully saturated rings. The molecule has 0 aliphatic heterocycles. The molecular weight excluding hydrogens is 271 g/mol. The Hall–Kier alpha value is -2.69. The Bertz CT molecular complexity index is 698. The van der Waals surface area contributed by atoms with Crippen molar-refractivity contribution in [2.45, 2.75) is 13.8 Å². The number of benzene rings is 2. The molecule has 0 aliphatic carbocycles. The van der Waals surface area contributed by atoms with Gasteiger partial charge in [0.25, 0.3) is 5.91 Å². The molecule has 0 aromatic heterocycles. The summed E-state index contributed by atoms with van der Waals surface area (Å²) in [5.41, 5.74) is 1.93. The summed E-state index contributed by atoms with van der Waals surface area (Å²) >= 11 is 0. The second-order valence-corrected chi connectivity index (χ2v) is 4.64. The molecule has 0 unspecified atom stereocenters. The quantitative estimate of drug-likeness (QED) is 0.909. The third-order valence-corrected chi connectivity index (χ3v) is 2.92. The minimum atomic E-state index is -0.579. The molecule has 21 heavy (non-hydrogen) atoms. The molecule has 0 bridgehead atoms. The van der Waals surface area contributed by atoms with Crippen LogP contribution in [-0.2, 0) is 4.79 Å². The highest BCUT2D eigenvalue weighted by Gasteiger charge is 2.11. The summed E-state index contributed by atoms with van der Waals surface area (Å²) in [6, 6.07) is 10.8. The fraction of sp³-hybridized carbons (Fsp3) is 0.125. The van der Waals surface area contributed by atoms with E-state index in [2.05, 4.69) is 10.6 Å². The van der Waals surface area contributed by atoms with Crippen LogP contribution in [0.4, 0.5) is 15.8 Å². The van der Waals surface area contributed by atoms with Crippen LogP contribution in [0.25, 0.3) is 0 Å². The lowest BCUT2D eigenvalue weighted by atomic mass is 10.1. The van der Waals surface area contributed by atoms with Crippen LogP contribution in [0.5, 0.6) is 0 Å². The number of anilines is 2. The van der Waals surface area contributed by atoms with Gasteiger partial charge < -0.3 is 10.6 Å². The molecule has 0 radical (unpaired) electrons. The molecule has 0 aliphatic rings.